The molecule has 2 aromatic carbocycles. The molecule has 0 radical (unpaired) electrons. The molecule has 0 heterocycles. The van der Waals surface area contributed by atoms with Crippen molar-refractivity contribution >= 4 is 23.4 Å². The Morgan fingerprint density at radius 2 is 1.80 bits per heavy atom. The smallest absolute Gasteiger partial charge is 0.249 e. The second-order valence-corrected chi connectivity index (χ2v) is 11.4. The van der Waals surface area contributed by atoms with E-state index >= 15 is 0 Å². The van der Waals surface area contributed by atoms with E-state index in [0.29, 0.717) is 36.7 Å². The first-order chi connectivity index (χ1) is 19.6. The molecule has 1 aliphatic carbocycles. The topological polar surface area (TPSA) is 105 Å². The number of hydrogen-bond acceptors (Lipinski definition) is 5. The van der Waals surface area contributed by atoms with Crippen LogP contribution in [0.2, 0.25) is 5.02 Å². The number of nitrogens with zero attached hydrogens (tertiary/aromatic N) is 1. The van der Waals surface area contributed by atoms with E-state index in [9.17, 15) is 14.7 Å². The Morgan fingerprint density at radius 3 is 2.44 bits per heavy atom. The molecule has 0 aliphatic heterocycles. The number of halogens is 1. The highest BCUT2D eigenvalue weighted by atomic mass is 35.5. The predicted molar refractivity (Wildman–Crippen MR) is 165 cm³/mol. The number of primary amides is 1. The number of aliphatic hydroxyl groups is 1. The van der Waals surface area contributed by atoms with Gasteiger partial charge >= 0.3 is 0 Å². The molecule has 0 spiro atoms. The van der Waals surface area contributed by atoms with E-state index in [4.69, 9.17) is 22.1 Å². The van der Waals surface area contributed by atoms with Crippen LogP contribution in [0.3, 0.4) is 0 Å². The minimum absolute atomic E-state index is 0.0843. The number of hydrogen-bond donors (Lipinski definition) is 3. The van der Waals surface area contributed by atoms with Crippen LogP contribution in [-0.2, 0) is 22.6 Å². The summed E-state index contributed by atoms with van der Waals surface area (Å²) in [5.74, 6) is -0.512. The lowest BCUT2D eigenvalue weighted by molar-refractivity contribution is -0.132. The third-order valence-electron chi connectivity index (χ3n) is 7.67. The highest BCUT2D eigenvalue weighted by Gasteiger charge is 2.48. The number of aliphatic hydroxyl groups excluding tert-OH is 1. The quantitative estimate of drug-likeness (QED) is 0.273. The number of nitrogens with one attached hydrogen (secondary N) is 1. The summed E-state index contributed by atoms with van der Waals surface area (Å²) in [7, 11) is 1.62. The molecule has 0 saturated heterocycles. The van der Waals surface area contributed by atoms with Crippen molar-refractivity contribution in [1.82, 2.24) is 10.2 Å². The van der Waals surface area contributed by atoms with Gasteiger partial charge in [-0.2, -0.15) is 0 Å². The van der Waals surface area contributed by atoms with Gasteiger partial charge < -0.3 is 25.8 Å². The van der Waals surface area contributed by atoms with Crippen LogP contribution in [0.5, 0.6) is 5.75 Å². The standard InChI is InChI=1S/C33H44ClN3O4/c1-5-13-37(14-6-2)31(39)26-15-23(3)19-33(20-26,32(35)40)29(18-24-9-7-11-27(34)16-24)30(38)22-36-21-25-10-8-12-28(17-25)41-4/h7-12,15-17,19,29-30,36,38H,5-6,13-14,18,20-22H2,1-4H3,(H2,35,40)/t29-,30+,33?/m1/s1. The summed E-state index contributed by atoms with van der Waals surface area (Å²) >= 11 is 6.30. The lowest BCUT2D eigenvalue weighted by Gasteiger charge is -2.42. The van der Waals surface area contributed by atoms with E-state index in [1.807, 2.05) is 80.3 Å². The summed E-state index contributed by atoms with van der Waals surface area (Å²) in [6, 6.07) is 15.1. The fraction of sp³-hybridized carbons (Fsp3) is 0.455. The molecule has 2 amide bonds. The van der Waals surface area contributed by atoms with Crippen LogP contribution >= 0.6 is 11.6 Å². The normalized spacial score (nSPS) is 18.2. The molecule has 0 aromatic heterocycles. The van der Waals surface area contributed by atoms with E-state index in [1.165, 1.54) is 0 Å². The van der Waals surface area contributed by atoms with Crippen LogP contribution in [0, 0.1) is 11.3 Å². The summed E-state index contributed by atoms with van der Waals surface area (Å²) in [4.78, 5) is 29.0. The van der Waals surface area contributed by atoms with Gasteiger partial charge in [-0.25, -0.2) is 0 Å². The number of carbonyl (C=O) groups is 2. The minimum atomic E-state index is -1.27. The lowest BCUT2D eigenvalue weighted by atomic mass is 9.63. The zero-order valence-corrected chi connectivity index (χ0v) is 25.4. The number of methoxy groups -OCH3 is 1. The summed E-state index contributed by atoms with van der Waals surface area (Å²) in [5.41, 5.74) is 8.11. The van der Waals surface area contributed by atoms with Crippen molar-refractivity contribution in [2.45, 2.75) is 59.1 Å². The summed E-state index contributed by atoms with van der Waals surface area (Å²) in [6.45, 7) is 7.95. The zero-order valence-electron chi connectivity index (χ0n) is 24.7. The maximum absolute atomic E-state index is 13.7. The second kappa shape index (κ2) is 15.2. The van der Waals surface area contributed by atoms with E-state index in [2.05, 4.69) is 5.32 Å². The zero-order chi connectivity index (χ0) is 30.0. The van der Waals surface area contributed by atoms with Crippen molar-refractivity contribution in [3.8, 4) is 5.75 Å². The Bertz CT molecular complexity index is 1250. The van der Waals surface area contributed by atoms with Crippen molar-refractivity contribution in [3.63, 3.8) is 0 Å². The van der Waals surface area contributed by atoms with Crippen LogP contribution in [0.25, 0.3) is 0 Å². The molecule has 3 rings (SSSR count). The first-order valence-corrected chi connectivity index (χ1v) is 14.8. The third-order valence-corrected chi connectivity index (χ3v) is 7.90. The third kappa shape index (κ3) is 8.44. The van der Waals surface area contributed by atoms with Crippen LogP contribution in [0.1, 0.15) is 51.2 Å². The molecule has 0 fully saturated rings. The number of carbonyl (C=O) groups excluding carboxylic acids is 2. The van der Waals surface area contributed by atoms with Crippen molar-refractivity contribution in [2.24, 2.45) is 17.1 Å². The highest BCUT2D eigenvalue weighted by molar-refractivity contribution is 6.30. The maximum atomic E-state index is 13.7. The van der Waals surface area contributed by atoms with E-state index < -0.39 is 23.3 Å². The fourth-order valence-corrected chi connectivity index (χ4v) is 6.00. The molecule has 1 unspecified atom stereocenters. The van der Waals surface area contributed by atoms with E-state index in [-0.39, 0.29) is 18.9 Å². The van der Waals surface area contributed by atoms with Gasteiger partial charge in [0.2, 0.25) is 11.8 Å². The molecule has 2 aromatic rings. The van der Waals surface area contributed by atoms with Crippen LogP contribution < -0.4 is 15.8 Å². The highest BCUT2D eigenvalue weighted by Crippen LogP contribution is 2.44. The van der Waals surface area contributed by atoms with Crippen LogP contribution in [0.4, 0.5) is 0 Å². The molecule has 222 valence electrons. The number of amides is 2. The molecule has 4 N–H and O–H groups in total. The van der Waals surface area contributed by atoms with Crippen LogP contribution in [-0.4, -0.2) is 54.7 Å². The SMILES string of the molecule is CCCN(CCC)C(=O)C1=CC(C)=CC(C(N)=O)([C@H](Cc2cccc(Cl)c2)[C@@H](O)CNCc2cccc(OC)c2)C1. The van der Waals surface area contributed by atoms with Gasteiger partial charge in [-0.05, 0) is 68.0 Å². The number of allylic oxidation sites excluding steroid dienone is 2. The van der Waals surface area contributed by atoms with E-state index in [1.54, 1.807) is 13.2 Å². The Morgan fingerprint density at radius 1 is 1.12 bits per heavy atom. The van der Waals surface area contributed by atoms with Gasteiger partial charge in [0.1, 0.15) is 5.75 Å². The molecular formula is C33H44ClN3O4. The van der Waals surface area contributed by atoms with Crippen molar-refractivity contribution in [1.29, 1.82) is 0 Å². The molecule has 8 heteroatoms. The minimum Gasteiger partial charge on any atom is -0.497 e. The Kier molecular flexibility index (Phi) is 12.0. The number of ether oxygens (including phenoxy) is 1. The van der Waals surface area contributed by atoms with Gasteiger partial charge in [0.05, 0.1) is 18.6 Å². The summed E-state index contributed by atoms with van der Waals surface area (Å²) in [5, 5.41) is 15.6. The molecule has 7 nitrogen and oxygen atoms in total. The van der Waals surface area contributed by atoms with Gasteiger partial charge in [0, 0.05) is 42.7 Å². The Hall–Kier alpha value is -3.13. The molecule has 1 aliphatic rings. The van der Waals surface area contributed by atoms with Gasteiger partial charge in [-0.3, -0.25) is 9.59 Å². The summed E-state index contributed by atoms with van der Waals surface area (Å²) in [6.07, 6.45) is 4.90. The summed E-state index contributed by atoms with van der Waals surface area (Å²) < 4.78 is 5.32. The fourth-order valence-electron chi connectivity index (χ4n) is 5.78. The number of nitrogens with two attached hydrogens (primary N) is 1. The van der Waals surface area contributed by atoms with Crippen molar-refractivity contribution in [3.05, 3.63) is 88.0 Å². The molecule has 0 saturated carbocycles. The van der Waals surface area contributed by atoms with Crippen molar-refractivity contribution in [2.75, 3.05) is 26.7 Å². The largest absolute Gasteiger partial charge is 0.497 e. The number of rotatable bonds is 15. The Balaban J connectivity index is 1.95. The van der Waals surface area contributed by atoms with Gasteiger partial charge in [0.15, 0.2) is 0 Å². The average Bonchev–Trinajstić information content (AvgIpc) is 2.95. The average molecular weight is 582 g/mol. The molecular weight excluding hydrogens is 538 g/mol. The van der Waals surface area contributed by atoms with Crippen molar-refractivity contribution < 1.29 is 19.4 Å². The number of benzene rings is 2. The van der Waals surface area contributed by atoms with Gasteiger partial charge in [0.25, 0.3) is 0 Å². The first-order valence-electron chi connectivity index (χ1n) is 14.4. The van der Waals surface area contributed by atoms with Crippen LogP contribution in [0.15, 0.2) is 71.8 Å². The Labute approximate surface area is 249 Å². The molecule has 41 heavy (non-hydrogen) atoms. The van der Waals surface area contributed by atoms with Gasteiger partial charge in [-0.1, -0.05) is 67.4 Å². The predicted octanol–water partition coefficient (Wildman–Crippen LogP) is 5.05. The monoisotopic (exact) mass is 581 g/mol. The van der Waals surface area contributed by atoms with E-state index in [0.717, 1.165) is 35.3 Å². The maximum Gasteiger partial charge on any atom is 0.249 e. The first kappa shape index (κ1) is 32.4. The van der Waals surface area contributed by atoms with Gasteiger partial charge in [-0.15, -0.1) is 0 Å². The lowest BCUT2D eigenvalue weighted by Crippen LogP contribution is -2.51. The molecule has 0 bridgehead atoms. The second-order valence-electron chi connectivity index (χ2n) is 10.9. The molecule has 3 atom stereocenters.